The topological polar surface area (TPSA) is 94.9 Å². The van der Waals surface area contributed by atoms with Gasteiger partial charge >= 0.3 is 0 Å². The highest BCUT2D eigenvalue weighted by Gasteiger charge is 2.21. The summed E-state index contributed by atoms with van der Waals surface area (Å²) in [5.74, 6) is -0.0470. The van der Waals surface area contributed by atoms with E-state index < -0.39 is 0 Å². The Morgan fingerprint density at radius 2 is 2.04 bits per heavy atom. The van der Waals surface area contributed by atoms with Crippen molar-refractivity contribution in [3.63, 3.8) is 0 Å². The van der Waals surface area contributed by atoms with Gasteiger partial charge in [0.05, 0.1) is 11.3 Å². The van der Waals surface area contributed by atoms with E-state index in [-0.39, 0.29) is 17.6 Å². The number of hydrogen-bond acceptors (Lipinski definition) is 5. The van der Waals surface area contributed by atoms with Gasteiger partial charge in [-0.1, -0.05) is 11.8 Å². The molecule has 0 spiro atoms. The predicted molar refractivity (Wildman–Crippen MR) is 88.1 cm³/mol. The molecule has 0 fully saturated rings. The number of aryl methyl sites for hydroxylation is 1. The first kappa shape index (κ1) is 17.3. The van der Waals surface area contributed by atoms with Crippen LogP contribution in [0.1, 0.15) is 35.7 Å². The van der Waals surface area contributed by atoms with E-state index in [2.05, 4.69) is 21.7 Å². The highest BCUT2D eigenvalue weighted by molar-refractivity contribution is 8.00. The van der Waals surface area contributed by atoms with E-state index in [9.17, 15) is 14.9 Å². The third kappa shape index (κ3) is 4.45. The Morgan fingerprint density at radius 3 is 2.74 bits per heavy atom. The molecule has 1 aliphatic carbocycles. The van der Waals surface area contributed by atoms with Crippen LogP contribution >= 0.6 is 11.8 Å². The molecule has 1 aromatic heterocycles. The minimum absolute atomic E-state index is 0.120. The summed E-state index contributed by atoms with van der Waals surface area (Å²) < 4.78 is 0. The molecular formula is C16H20N4O2S. The molecule has 1 aromatic rings. The standard InChI is InChI=1S/C16H20N4O2S/c1-10-12-4-3-5-14(12)20-16(13(10)8-17)23-9-15(22)19-7-6-18-11(2)21/h3-7,9H2,1-2H3,(H,18,21)(H,19,22). The van der Waals surface area contributed by atoms with Crippen LogP contribution in [0.5, 0.6) is 0 Å². The van der Waals surface area contributed by atoms with Gasteiger partial charge in [0.15, 0.2) is 0 Å². The molecular weight excluding hydrogens is 312 g/mol. The lowest BCUT2D eigenvalue weighted by Gasteiger charge is -2.11. The molecule has 0 unspecified atom stereocenters. The first-order valence-corrected chi connectivity index (χ1v) is 8.58. The van der Waals surface area contributed by atoms with Gasteiger partial charge in [0.1, 0.15) is 11.1 Å². The van der Waals surface area contributed by atoms with Gasteiger partial charge in [0.2, 0.25) is 11.8 Å². The zero-order chi connectivity index (χ0) is 16.8. The minimum Gasteiger partial charge on any atom is -0.355 e. The molecule has 7 heteroatoms. The Morgan fingerprint density at radius 1 is 1.30 bits per heavy atom. The van der Waals surface area contributed by atoms with Gasteiger partial charge in [-0.25, -0.2) is 4.98 Å². The molecule has 0 bridgehead atoms. The number of fused-ring (bicyclic) bond motifs is 1. The van der Waals surface area contributed by atoms with Gasteiger partial charge in [-0.2, -0.15) is 5.26 Å². The van der Waals surface area contributed by atoms with Crippen molar-refractivity contribution in [1.29, 1.82) is 5.26 Å². The fourth-order valence-electron chi connectivity index (χ4n) is 2.61. The van der Waals surface area contributed by atoms with Crippen LogP contribution < -0.4 is 10.6 Å². The summed E-state index contributed by atoms with van der Waals surface area (Å²) >= 11 is 1.29. The van der Waals surface area contributed by atoms with Crippen molar-refractivity contribution in [1.82, 2.24) is 15.6 Å². The van der Waals surface area contributed by atoms with Crippen molar-refractivity contribution >= 4 is 23.6 Å². The molecule has 0 atom stereocenters. The maximum Gasteiger partial charge on any atom is 0.230 e. The predicted octanol–water partition coefficient (Wildman–Crippen LogP) is 1.09. The van der Waals surface area contributed by atoms with Gasteiger partial charge in [-0.05, 0) is 37.3 Å². The van der Waals surface area contributed by atoms with Crippen LogP contribution in [-0.4, -0.2) is 35.6 Å². The highest BCUT2D eigenvalue weighted by Crippen LogP contribution is 2.31. The maximum absolute atomic E-state index is 11.8. The number of pyridine rings is 1. The van der Waals surface area contributed by atoms with E-state index in [1.54, 1.807) is 0 Å². The molecule has 23 heavy (non-hydrogen) atoms. The van der Waals surface area contributed by atoms with Gasteiger partial charge < -0.3 is 10.6 Å². The summed E-state index contributed by atoms with van der Waals surface area (Å²) in [7, 11) is 0. The molecule has 1 heterocycles. The number of carbonyl (C=O) groups excluding carboxylic acids is 2. The van der Waals surface area contributed by atoms with Crippen LogP contribution in [0, 0.1) is 18.3 Å². The Bertz CT molecular complexity index is 667. The second-order valence-corrected chi connectivity index (χ2v) is 6.39. The number of nitrogens with one attached hydrogen (secondary N) is 2. The van der Waals surface area contributed by atoms with E-state index >= 15 is 0 Å². The van der Waals surface area contributed by atoms with Crippen LogP contribution in [0.2, 0.25) is 0 Å². The Hall–Kier alpha value is -2.07. The van der Waals surface area contributed by atoms with Crippen molar-refractivity contribution in [2.75, 3.05) is 18.8 Å². The highest BCUT2D eigenvalue weighted by atomic mass is 32.2. The Balaban J connectivity index is 1.93. The Kier molecular flexibility index (Phi) is 5.99. The summed E-state index contributed by atoms with van der Waals surface area (Å²) in [6.07, 6.45) is 3.00. The quantitative estimate of drug-likeness (QED) is 0.601. The van der Waals surface area contributed by atoms with E-state index in [4.69, 9.17) is 0 Å². The zero-order valence-electron chi connectivity index (χ0n) is 13.4. The van der Waals surface area contributed by atoms with Crippen LogP contribution in [0.3, 0.4) is 0 Å². The average Bonchev–Trinajstić information content (AvgIpc) is 2.98. The second-order valence-electron chi connectivity index (χ2n) is 5.43. The fraction of sp³-hybridized carbons (Fsp3) is 0.500. The first-order valence-electron chi connectivity index (χ1n) is 7.59. The third-order valence-corrected chi connectivity index (χ3v) is 4.72. The smallest absolute Gasteiger partial charge is 0.230 e. The van der Waals surface area contributed by atoms with E-state index in [0.717, 1.165) is 30.5 Å². The number of amides is 2. The molecule has 2 rings (SSSR count). The summed E-state index contributed by atoms with van der Waals surface area (Å²) in [4.78, 5) is 27.1. The number of carbonyl (C=O) groups is 2. The molecule has 0 saturated heterocycles. The van der Waals surface area contributed by atoms with Crippen LogP contribution in [-0.2, 0) is 22.4 Å². The van der Waals surface area contributed by atoms with Gasteiger partial charge in [-0.3, -0.25) is 9.59 Å². The average molecular weight is 332 g/mol. The molecule has 0 aliphatic heterocycles. The summed E-state index contributed by atoms with van der Waals surface area (Å²) in [6.45, 7) is 4.19. The monoisotopic (exact) mass is 332 g/mol. The lowest BCUT2D eigenvalue weighted by atomic mass is 10.0. The van der Waals surface area contributed by atoms with E-state index in [1.165, 1.54) is 24.2 Å². The van der Waals surface area contributed by atoms with Crippen LogP contribution in [0.4, 0.5) is 0 Å². The summed E-state index contributed by atoms with van der Waals surface area (Å²) in [5.41, 5.74) is 3.85. The molecule has 1 aliphatic rings. The number of rotatable bonds is 6. The van der Waals surface area contributed by atoms with Crippen LogP contribution in [0.15, 0.2) is 5.03 Å². The lowest BCUT2D eigenvalue weighted by Crippen LogP contribution is -2.34. The fourth-order valence-corrected chi connectivity index (χ4v) is 3.49. The molecule has 6 nitrogen and oxygen atoms in total. The zero-order valence-corrected chi connectivity index (χ0v) is 14.2. The van der Waals surface area contributed by atoms with Crippen LogP contribution in [0.25, 0.3) is 0 Å². The molecule has 0 saturated carbocycles. The Labute approximate surface area is 140 Å². The number of hydrogen-bond donors (Lipinski definition) is 2. The molecule has 122 valence electrons. The lowest BCUT2D eigenvalue weighted by molar-refractivity contribution is -0.120. The van der Waals surface area contributed by atoms with Gasteiger partial charge in [0.25, 0.3) is 0 Å². The van der Waals surface area contributed by atoms with Crippen molar-refractivity contribution in [3.05, 3.63) is 22.4 Å². The second kappa shape index (κ2) is 7.97. The maximum atomic E-state index is 11.8. The molecule has 0 radical (unpaired) electrons. The number of aromatic nitrogens is 1. The minimum atomic E-state index is -0.135. The molecule has 2 N–H and O–H groups in total. The van der Waals surface area contributed by atoms with Gasteiger partial charge in [-0.15, -0.1) is 0 Å². The largest absolute Gasteiger partial charge is 0.355 e. The van der Waals surface area contributed by atoms with Crippen molar-refractivity contribution in [3.8, 4) is 6.07 Å². The summed E-state index contributed by atoms with van der Waals surface area (Å²) in [5, 5.41) is 15.4. The number of nitriles is 1. The van der Waals surface area contributed by atoms with E-state index in [1.807, 2.05) is 6.92 Å². The molecule has 2 amide bonds. The van der Waals surface area contributed by atoms with Crippen molar-refractivity contribution < 1.29 is 9.59 Å². The third-order valence-electron chi connectivity index (χ3n) is 3.74. The molecule has 0 aromatic carbocycles. The van der Waals surface area contributed by atoms with Crippen molar-refractivity contribution in [2.24, 2.45) is 0 Å². The van der Waals surface area contributed by atoms with E-state index in [0.29, 0.717) is 23.7 Å². The first-order chi connectivity index (χ1) is 11.0. The number of nitrogens with zero attached hydrogens (tertiary/aromatic N) is 2. The van der Waals surface area contributed by atoms with Gasteiger partial charge in [0, 0.05) is 25.7 Å². The van der Waals surface area contributed by atoms with Crippen molar-refractivity contribution in [2.45, 2.75) is 38.1 Å². The normalized spacial score (nSPS) is 12.4. The summed E-state index contributed by atoms with van der Waals surface area (Å²) in [6, 6.07) is 2.22. The SMILES string of the molecule is CC(=O)NCCNC(=O)CSc1nc2c(c(C)c1C#N)CCC2. The number of thioether (sulfide) groups is 1.